The third kappa shape index (κ3) is 3.77. The SMILES string of the molecule is Cc1cc(OCc2ccccc2)c(Br)cc1C(O)c1cc2ccccc2o1. The van der Waals surface area contributed by atoms with Crippen LogP contribution < -0.4 is 4.74 Å². The molecule has 1 heterocycles. The number of hydrogen-bond donors (Lipinski definition) is 1. The van der Waals surface area contributed by atoms with Gasteiger partial charge in [0.25, 0.3) is 0 Å². The Labute approximate surface area is 166 Å². The third-order valence-corrected chi connectivity index (χ3v) is 5.19. The highest BCUT2D eigenvalue weighted by Gasteiger charge is 2.19. The molecule has 0 radical (unpaired) electrons. The van der Waals surface area contributed by atoms with Crippen molar-refractivity contribution in [3.05, 3.63) is 99.7 Å². The van der Waals surface area contributed by atoms with Gasteiger partial charge in [-0.2, -0.15) is 0 Å². The number of para-hydroxylation sites is 1. The van der Waals surface area contributed by atoms with E-state index in [1.165, 1.54) is 0 Å². The lowest BCUT2D eigenvalue weighted by Gasteiger charge is -2.15. The summed E-state index contributed by atoms with van der Waals surface area (Å²) in [7, 11) is 0. The Kier molecular flexibility index (Phi) is 5.01. The van der Waals surface area contributed by atoms with E-state index in [0.717, 1.165) is 37.9 Å². The fraction of sp³-hybridized carbons (Fsp3) is 0.130. The molecule has 0 aliphatic heterocycles. The zero-order valence-electron chi connectivity index (χ0n) is 14.9. The van der Waals surface area contributed by atoms with Gasteiger partial charge < -0.3 is 14.3 Å². The Hall–Kier alpha value is -2.56. The molecule has 0 fully saturated rings. The molecule has 0 amide bonds. The molecule has 0 saturated heterocycles. The maximum absolute atomic E-state index is 10.8. The standard InChI is InChI=1S/C23H19BrO3/c1-15-11-21(26-14-16-7-3-2-4-8-16)19(24)13-18(15)23(25)22-12-17-9-5-6-10-20(17)27-22/h2-13,23,25H,14H2,1H3. The van der Waals surface area contributed by atoms with Crippen LogP contribution in [0.2, 0.25) is 0 Å². The monoisotopic (exact) mass is 422 g/mol. The first kappa shape index (κ1) is 17.8. The summed E-state index contributed by atoms with van der Waals surface area (Å²) in [5.74, 6) is 1.28. The van der Waals surface area contributed by atoms with E-state index in [9.17, 15) is 5.11 Å². The summed E-state index contributed by atoms with van der Waals surface area (Å²) in [6.45, 7) is 2.45. The van der Waals surface area contributed by atoms with Crippen molar-refractivity contribution >= 4 is 26.9 Å². The van der Waals surface area contributed by atoms with E-state index in [1.807, 2.05) is 79.7 Å². The molecule has 0 aliphatic rings. The highest BCUT2D eigenvalue weighted by atomic mass is 79.9. The summed E-state index contributed by atoms with van der Waals surface area (Å²) in [6.07, 6.45) is -0.836. The third-order valence-electron chi connectivity index (χ3n) is 4.57. The molecular formula is C23H19BrO3. The highest BCUT2D eigenvalue weighted by molar-refractivity contribution is 9.10. The van der Waals surface area contributed by atoms with Crippen LogP contribution in [0.25, 0.3) is 11.0 Å². The second-order valence-electron chi connectivity index (χ2n) is 6.50. The molecule has 136 valence electrons. The van der Waals surface area contributed by atoms with Gasteiger partial charge in [-0.3, -0.25) is 0 Å². The molecule has 0 saturated carbocycles. The molecule has 0 bridgehead atoms. The Morgan fingerprint density at radius 3 is 2.52 bits per heavy atom. The van der Waals surface area contributed by atoms with Gasteiger partial charge in [0.15, 0.2) is 0 Å². The van der Waals surface area contributed by atoms with Crippen LogP contribution in [0.4, 0.5) is 0 Å². The Balaban J connectivity index is 1.59. The highest BCUT2D eigenvalue weighted by Crippen LogP contribution is 2.35. The Morgan fingerprint density at radius 2 is 1.74 bits per heavy atom. The van der Waals surface area contributed by atoms with Crippen LogP contribution in [0.1, 0.15) is 28.6 Å². The number of aliphatic hydroxyl groups excluding tert-OH is 1. The maximum atomic E-state index is 10.8. The van der Waals surface area contributed by atoms with Crippen LogP contribution in [0.5, 0.6) is 5.75 Å². The van der Waals surface area contributed by atoms with Gasteiger partial charge in [0.1, 0.15) is 29.8 Å². The van der Waals surface area contributed by atoms with Crippen molar-refractivity contribution in [1.82, 2.24) is 0 Å². The molecule has 4 rings (SSSR count). The number of benzene rings is 3. The van der Waals surface area contributed by atoms with Gasteiger partial charge in [0, 0.05) is 5.39 Å². The lowest BCUT2D eigenvalue weighted by molar-refractivity contribution is 0.191. The number of aryl methyl sites for hydroxylation is 1. The van der Waals surface area contributed by atoms with Crippen LogP contribution in [0, 0.1) is 6.92 Å². The number of hydrogen-bond acceptors (Lipinski definition) is 3. The minimum absolute atomic E-state index is 0.490. The quantitative estimate of drug-likeness (QED) is 0.418. The summed E-state index contributed by atoms with van der Waals surface area (Å²) in [6, 6.07) is 23.5. The van der Waals surface area contributed by atoms with Crippen molar-refractivity contribution in [2.24, 2.45) is 0 Å². The molecule has 0 spiro atoms. The number of halogens is 1. The Morgan fingerprint density at radius 1 is 1.00 bits per heavy atom. The second kappa shape index (κ2) is 7.59. The van der Waals surface area contributed by atoms with Crippen molar-refractivity contribution in [2.75, 3.05) is 0 Å². The summed E-state index contributed by atoms with van der Waals surface area (Å²) in [5, 5.41) is 11.8. The van der Waals surface area contributed by atoms with Gasteiger partial charge in [-0.05, 0) is 63.8 Å². The molecular weight excluding hydrogens is 404 g/mol. The first-order valence-corrected chi connectivity index (χ1v) is 9.54. The molecule has 4 heteroatoms. The van der Waals surface area contributed by atoms with Crippen molar-refractivity contribution in [2.45, 2.75) is 19.6 Å². The van der Waals surface area contributed by atoms with Crippen LogP contribution in [-0.4, -0.2) is 5.11 Å². The number of aliphatic hydroxyl groups is 1. The molecule has 1 atom stereocenters. The van der Waals surface area contributed by atoms with E-state index in [0.29, 0.717) is 12.4 Å². The topological polar surface area (TPSA) is 42.6 Å². The minimum atomic E-state index is -0.836. The lowest BCUT2D eigenvalue weighted by atomic mass is 10.0. The van der Waals surface area contributed by atoms with Crippen LogP contribution in [0.15, 0.2) is 81.7 Å². The van der Waals surface area contributed by atoms with Gasteiger partial charge >= 0.3 is 0 Å². The van der Waals surface area contributed by atoms with Crippen molar-refractivity contribution < 1.29 is 14.3 Å². The van der Waals surface area contributed by atoms with E-state index in [4.69, 9.17) is 9.15 Å². The molecule has 27 heavy (non-hydrogen) atoms. The molecule has 3 aromatic carbocycles. The molecule has 1 aromatic heterocycles. The number of ether oxygens (including phenoxy) is 1. The number of fused-ring (bicyclic) bond motifs is 1. The zero-order valence-corrected chi connectivity index (χ0v) is 16.4. The number of rotatable bonds is 5. The van der Waals surface area contributed by atoms with Gasteiger partial charge in [0.05, 0.1) is 4.47 Å². The van der Waals surface area contributed by atoms with Crippen molar-refractivity contribution in [3.8, 4) is 5.75 Å². The van der Waals surface area contributed by atoms with Crippen molar-refractivity contribution in [3.63, 3.8) is 0 Å². The first-order chi connectivity index (χ1) is 13.1. The Bertz CT molecular complexity index is 1040. The fourth-order valence-electron chi connectivity index (χ4n) is 3.10. The van der Waals surface area contributed by atoms with E-state index >= 15 is 0 Å². The maximum Gasteiger partial charge on any atom is 0.138 e. The summed E-state index contributed by atoms with van der Waals surface area (Å²) >= 11 is 3.56. The lowest BCUT2D eigenvalue weighted by Crippen LogP contribution is -2.03. The van der Waals surface area contributed by atoms with Gasteiger partial charge in [-0.25, -0.2) is 0 Å². The van der Waals surface area contributed by atoms with Gasteiger partial charge in [0.2, 0.25) is 0 Å². The molecule has 1 N–H and O–H groups in total. The van der Waals surface area contributed by atoms with Gasteiger partial charge in [-0.15, -0.1) is 0 Å². The largest absolute Gasteiger partial charge is 0.488 e. The van der Waals surface area contributed by atoms with E-state index in [-0.39, 0.29) is 0 Å². The predicted molar refractivity (Wildman–Crippen MR) is 110 cm³/mol. The van der Waals surface area contributed by atoms with Crippen molar-refractivity contribution in [1.29, 1.82) is 0 Å². The molecule has 0 aliphatic carbocycles. The van der Waals surface area contributed by atoms with Gasteiger partial charge in [-0.1, -0.05) is 48.5 Å². The molecule has 3 nitrogen and oxygen atoms in total. The summed E-state index contributed by atoms with van der Waals surface area (Å²) in [4.78, 5) is 0. The average Bonchev–Trinajstić information content (AvgIpc) is 3.13. The second-order valence-corrected chi connectivity index (χ2v) is 7.36. The predicted octanol–water partition coefficient (Wildman–Crippen LogP) is 6.16. The van der Waals surface area contributed by atoms with Crippen LogP contribution >= 0.6 is 15.9 Å². The van der Waals surface area contributed by atoms with Crippen LogP contribution in [0.3, 0.4) is 0 Å². The van der Waals surface area contributed by atoms with E-state index in [2.05, 4.69) is 15.9 Å². The summed E-state index contributed by atoms with van der Waals surface area (Å²) in [5.41, 5.74) is 3.60. The molecule has 1 unspecified atom stereocenters. The summed E-state index contributed by atoms with van der Waals surface area (Å²) < 4.78 is 12.6. The number of furan rings is 1. The van der Waals surface area contributed by atoms with E-state index < -0.39 is 6.10 Å². The first-order valence-electron chi connectivity index (χ1n) is 8.75. The minimum Gasteiger partial charge on any atom is -0.488 e. The van der Waals surface area contributed by atoms with Crippen LogP contribution in [-0.2, 0) is 6.61 Å². The fourth-order valence-corrected chi connectivity index (χ4v) is 3.58. The average molecular weight is 423 g/mol. The zero-order chi connectivity index (χ0) is 18.8. The molecule has 4 aromatic rings. The normalized spacial score (nSPS) is 12.3. The van der Waals surface area contributed by atoms with E-state index in [1.54, 1.807) is 0 Å². The smallest absolute Gasteiger partial charge is 0.138 e.